The van der Waals surface area contributed by atoms with Crippen molar-refractivity contribution in [3.05, 3.63) is 29.8 Å². The summed E-state index contributed by atoms with van der Waals surface area (Å²) in [6.45, 7) is 4.42. The van der Waals surface area contributed by atoms with E-state index in [2.05, 4.69) is 6.92 Å². The van der Waals surface area contributed by atoms with E-state index in [-0.39, 0.29) is 17.6 Å². The van der Waals surface area contributed by atoms with Gasteiger partial charge in [0.05, 0.1) is 12.5 Å². The summed E-state index contributed by atoms with van der Waals surface area (Å²) in [4.78, 5) is 11.7. The van der Waals surface area contributed by atoms with Crippen LogP contribution in [0.5, 0.6) is 5.75 Å². The van der Waals surface area contributed by atoms with Crippen LogP contribution in [-0.2, 0) is 9.53 Å². The van der Waals surface area contributed by atoms with Crippen molar-refractivity contribution in [1.82, 2.24) is 0 Å². The minimum absolute atomic E-state index is 0.202. The summed E-state index contributed by atoms with van der Waals surface area (Å²) in [5.74, 6) is -0.277. The summed E-state index contributed by atoms with van der Waals surface area (Å²) in [7, 11) is 0. The zero-order valence-corrected chi connectivity index (χ0v) is 10.5. The molecule has 0 fully saturated rings. The van der Waals surface area contributed by atoms with Gasteiger partial charge < -0.3 is 9.84 Å². The van der Waals surface area contributed by atoms with Gasteiger partial charge >= 0.3 is 5.97 Å². The number of rotatable bonds is 6. The van der Waals surface area contributed by atoms with E-state index in [0.29, 0.717) is 6.61 Å². The highest BCUT2D eigenvalue weighted by molar-refractivity contribution is 5.77. The molecule has 1 aromatic carbocycles. The second-order valence-electron chi connectivity index (χ2n) is 4.19. The molecule has 0 aliphatic rings. The van der Waals surface area contributed by atoms with Crippen molar-refractivity contribution in [2.75, 3.05) is 6.61 Å². The lowest BCUT2D eigenvalue weighted by Crippen LogP contribution is -2.13. The Morgan fingerprint density at radius 3 is 2.53 bits per heavy atom. The molecule has 0 amide bonds. The summed E-state index contributed by atoms with van der Waals surface area (Å²) in [6, 6.07) is 6.65. The van der Waals surface area contributed by atoms with E-state index in [4.69, 9.17) is 9.84 Å². The van der Waals surface area contributed by atoms with Crippen molar-refractivity contribution < 1.29 is 14.6 Å². The smallest absolute Gasteiger partial charge is 0.313 e. The Bertz CT molecular complexity index is 343. The molecule has 0 saturated heterocycles. The number of benzene rings is 1. The van der Waals surface area contributed by atoms with Crippen LogP contribution in [0.4, 0.5) is 0 Å². The molecule has 1 N–H and O–H groups in total. The first-order valence-corrected chi connectivity index (χ1v) is 6.10. The molecule has 0 heterocycles. The van der Waals surface area contributed by atoms with E-state index in [1.54, 1.807) is 24.3 Å². The van der Waals surface area contributed by atoms with Gasteiger partial charge in [-0.15, -0.1) is 0 Å². The van der Waals surface area contributed by atoms with E-state index >= 15 is 0 Å². The maximum Gasteiger partial charge on any atom is 0.313 e. The van der Waals surface area contributed by atoms with Crippen molar-refractivity contribution in [1.29, 1.82) is 0 Å². The van der Waals surface area contributed by atoms with Gasteiger partial charge in [-0.25, -0.2) is 0 Å². The van der Waals surface area contributed by atoms with E-state index in [1.165, 1.54) is 0 Å². The summed E-state index contributed by atoms with van der Waals surface area (Å²) in [5, 5.41) is 9.16. The molecule has 17 heavy (non-hydrogen) atoms. The van der Waals surface area contributed by atoms with Crippen LogP contribution in [0.1, 0.15) is 44.6 Å². The number of phenolic OH excluding ortho intramolecular Hbond substituents is 1. The molecule has 0 aromatic heterocycles. The first-order chi connectivity index (χ1) is 8.15. The van der Waals surface area contributed by atoms with Crippen molar-refractivity contribution in [3.8, 4) is 5.75 Å². The topological polar surface area (TPSA) is 46.5 Å². The van der Waals surface area contributed by atoms with Crippen LogP contribution in [0.15, 0.2) is 24.3 Å². The quantitative estimate of drug-likeness (QED) is 0.609. The maximum absolute atomic E-state index is 11.7. The van der Waals surface area contributed by atoms with Crippen LogP contribution >= 0.6 is 0 Å². The molecule has 0 bridgehead atoms. The number of aromatic hydroxyl groups is 1. The summed E-state index contributed by atoms with van der Waals surface area (Å²) >= 11 is 0. The highest BCUT2D eigenvalue weighted by atomic mass is 16.5. The number of esters is 1. The molecule has 0 saturated carbocycles. The number of ether oxygens (including phenoxy) is 1. The summed E-state index contributed by atoms with van der Waals surface area (Å²) < 4.78 is 5.19. The first-order valence-electron chi connectivity index (χ1n) is 6.10. The van der Waals surface area contributed by atoms with Gasteiger partial charge in [0, 0.05) is 0 Å². The van der Waals surface area contributed by atoms with E-state index < -0.39 is 0 Å². The zero-order valence-electron chi connectivity index (χ0n) is 10.5. The monoisotopic (exact) mass is 236 g/mol. The SMILES string of the molecule is CCCCCOC(=O)C(C)c1ccc(O)cc1. The molecule has 1 aromatic rings. The summed E-state index contributed by atoms with van der Waals surface area (Å²) in [5.41, 5.74) is 0.864. The average molecular weight is 236 g/mol. The van der Waals surface area contributed by atoms with Crippen LogP contribution in [0.2, 0.25) is 0 Å². The fourth-order valence-corrected chi connectivity index (χ4v) is 1.55. The second kappa shape index (κ2) is 6.94. The molecule has 1 atom stereocenters. The Kier molecular flexibility index (Phi) is 5.53. The Hall–Kier alpha value is -1.51. The minimum atomic E-state index is -0.280. The van der Waals surface area contributed by atoms with Gasteiger partial charge in [-0.05, 0) is 31.0 Å². The largest absolute Gasteiger partial charge is 0.508 e. The molecule has 1 rings (SSSR count). The van der Waals surface area contributed by atoms with Crippen LogP contribution in [0, 0.1) is 0 Å². The van der Waals surface area contributed by atoms with Crippen molar-refractivity contribution >= 4 is 5.97 Å². The van der Waals surface area contributed by atoms with Crippen LogP contribution in [0.3, 0.4) is 0 Å². The lowest BCUT2D eigenvalue weighted by atomic mass is 10.0. The fourth-order valence-electron chi connectivity index (χ4n) is 1.55. The van der Waals surface area contributed by atoms with Gasteiger partial charge in [0.15, 0.2) is 0 Å². The molecule has 0 spiro atoms. The Morgan fingerprint density at radius 2 is 1.94 bits per heavy atom. The number of hydrogen-bond acceptors (Lipinski definition) is 3. The third-order valence-corrected chi connectivity index (χ3v) is 2.74. The Labute approximate surface area is 102 Å². The Balaban J connectivity index is 2.43. The lowest BCUT2D eigenvalue weighted by molar-refractivity contribution is -0.145. The zero-order chi connectivity index (χ0) is 12.7. The molecule has 0 aliphatic carbocycles. The Morgan fingerprint density at radius 1 is 1.29 bits per heavy atom. The van der Waals surface area contributed by atoms with Gasteiger partial charge in [0.25, 0.3) is 0 Å². The molecule has 3 nitrogen and oxygen atoms in total. The number of phenols is 1. The minimum Gasteiger partial charge on any atom is -0.508 e. The molecular formula is C14H20O3. The van der Waals surface area contributed by atoms with Crippen LogP contribution in [0.25, 0.3) is 0 Å². The standard InChI is InChI=1S/C14H20O3/c1-3-4-5-10-17-14(16)11(2)12-6-8-13(15)9-7-12/h6-9,11,15H,3-5,10H2,1-2H3. The maximum atomic E-state index is 11.7. The van der Waals surface area contributed by atoms with Gasteiger partial charge in [0.2, 0.25) is 0 Å². The molecule has 0 radical (unpaired) electrons. The van der Waals surface area contributed by atoms with Gasteiger partial charge in [0.1, 0.15) is 5.75 Å². The van der Waals surface area contributed by atoms with E-state index in [0.717, 1.165) is 24.8 Å². The third kappa shape index (κ3) is 4.47. The molecular weight excluding hydrogens is 216 g/mol. The second-order valence-corrected chi connectivity index (χ2v) is 4.19. The normalized spacial score (nSPS) is 12.1. The van der Waals surface area contributed by atoms with E-state index in [9.17, 15) is 4.79 Å². The fraction of sp³-hybridized carbons (Fsp3) is 0.500. The van der Waals surface area contributed by atoms with Crippen molar-refractivity contribution in [2.45, 2.75) is 39.0 Å². The highest BCUT2D eigenvalue weighted by Crippen LogP contribution is 2.19. The lowest BCUT2D eigenvalue weighted by Gasteiger charge is -2.11. The average Bonchev–Trinajstić information content (AvgIpc) is 2.34. The van der Waals surface area contributed by atoms with Gasteiger partial charge in [-0.1, -0.05) is 31.9 Å². The molecule has 94 valence electrons. The van der Waals surface area contributed by atoms with Crippen molar-refractivity contribution in [3.63, 3.8) is 0 Å². The molecule has 0 aliphatic heterocycles. The third-order valence-electron chi connectivity index (χ3n) is 2.74. The van der Waals surface area contributed by atoms with Gasteiger partial charge in [-0.2, -0.15) is 0 Å². The van der Waals surface area contributed by atoms with Crippen LogP contribution in [-0.4, -0.2) is 17.7 Å². The number of hydrogen-bond donors (Lipinski definition) is 1. The number of carbonyl (C=O) groups excluding carboxylic acids is 1. The number of unbranched alkanes of at least 4 members (excludes halogenated alkanes) is 2. The summed E-state index contributed by atoms with van der Waals surface area (Å²) in [6.07, 6.45) is 3.12. The predicted molar refractivity (Wildman–Crippen MR) is 67.0 cm³/mol. The van der Waals surface area contributed by atoms with Gasteiger partial charge in [-0.3, -0.25) is 4.79 Å². The van der Waals surface area contributed by atoms with Crippen molar-refractivity contribution in [2.24, 2.45) is 0 Å². The predicted octanol–water partition coefficient (Wildman–Crippen LogP) is 3.23. The molecule has 3 heteroatoms. The van der Waals surface area contributed by atoms with E-state index in [1.807, 2.05) is 6.92 Å². The first kappa shape index (κ1) is 13.6. The molecule has 1 unspecified atom stereocenters. The highest BCUT2D eigenvalue weighted by Gasteiger charge is 2.16. The number of carbonyl (C=O) groups is 1. The van der Waals surface area contributed by atoms with Crippen LogP contribution < -0.4 is 0 Å².